The Morgan fingerprint density at radius 2 is 1.93 bits per heavy atom. The van der Waals surface area contributed by atoms with E-state index in [1.54, 1.807) is 0 Å². The van der Waals surface area contributed by atoms with Gasteiger partial charge in [-0.05, 0) is 43.9 Å². The van der Waals surface area contributed by atoms with Crippen LogP contribution in [-0.4, -0.2) is 13.1 Å². The SMILES string of the molecule is [C-]#[N+]c1ccc(N2CCCCC2)cc1C. The quantitative estimate of drug-likeness (QED) is 0.629. The highest BCUT2D eigenvalue weighted by Gasteiger charge is 2.11. The lowest BCUT2D eigenvalue weighted by Gasteiger charge is -2.29. The molecule has 0 aliphatic carbocycles. The van der Waals surface area contributed by atoms with Gasteiger partial charge in [0, 0.05) is 18.8 Å². The number of hydrogen-bond donors (Lipinski definition) is 0. The minimum absolute atomic E-state index is 0.774. The van der Waals surface area contributed by atoms with Crippen molar-refractivity contribution in [1.29, 1.82) is 0 Å². The number of anilines is 1. The molecule has 0 atom stereocenters. The van der Waals surface area contributed by atoms with E-state index in [0.29, 0.717) is 0 Å². The maximum atomic E-state index is 7.01. The Kier molecular flexibility index (Phi) is 2.91. The van der Waals surface area contributed by atoms with Crippen LogP contribution >= 0.6 is 0 Å². The van der Waals surface area contributed by atoms with E-state index >= 15 is 0 Å². The van der Waals surface area contributed by atoms with Gasteiger partial charge in [0.1, 0.15) is 0 Å². The number of rotatable bonds is 1. The molecular weight excluding hydrogens is 184 g/mol. The minimum Gasteiger partial charge on any atom is -0.372 e. The van der Waals surface area contributed by atoms with Crippen LogP contribution in [0.2, 0.25) is 0 Å². The van der Waals surface area contributed by atoms with Crippen molar-refractivity contribution in [2.24, 2.45) is 0 Å². The van der Waals surface area contributed by atoms with Crippen LogP contribution in [0.25, 0.3) is 4.85 Å². The Balaban J connectivity index is 2.22. The average Bonchev–Trinajstić information content (AvgIpc) is 2.30. The first-order valence-electron chi connectivity index (χ1n) is 5.54. The summed E-state index contributed by atoms with van der Waals surface area (Å²) in [7, 11) is 0. The van der Waals surface area contributed by atoms with E-state index in [2.05, 4.69) is 21.9 Å². The first-order chi connectivity index (χ1) is 7.31. The summed E-state index contributed by atoms with van der Waals surface area (Å²) in [6, 6.07) is 6.15. The lowest BCUT2D eigenvalue weighted by Crippen LogP contribution is -2.29. The summed E-state index contributed by atoms with van der Waals surface area (Å²) in [6.45, 7) is 11.4. The van der Waals surface area contributed by atoms with Crippen molar-refractivity contribution >= 4 is 11.4 Å². The van der Waals surface area contributed by atoms with Gasteiger partial charge in [0.25, 0.3) is 0 Å². The Hall–Kier alpha value is -1.49. The minimum atomic E-state index is 0.774. The Labute approximate surface area is 91.3 Å². The highest BCUT2D eigenvalue weighted by atomic mass is 15.1. The van der Waals surface area contributed by atoms with E-state index in [1.165, 1.54) is 24.9 Å². The molecule has 1 aliphatic rings. The second kappa shape index (κ2) is 4.35. The fourth-order valence-electron chi connectivity index (χ4n) is 2.11. The van der Waals surface area contributed by atoms with Crippen molar-refractivity contribution in [1.82, 2.24) is 0 Å². The van der Waals surface area contributed by atoms with Gasteiger partial charge in [-0.2, -0.15) is 0 Å². The third-order valence-electron chi connectivity index (χ3n) is 3.02. The number of aryl methyl sites for hydroxylation is 1. The molecule has 0 amide bonds. The van der Waals surface area contributed by atoms with Crippen molar-refractivity contribution in [3.05, 3.63) is 35.2 Å². The van der Waals surface area contributed by atoms with E-state index in [4.69, 9.17) is 6.57 Å². The fraction of sp³-hybridized carbons (Fsp3) is 0.462. The average molecular weight is 200 g/mol. The molecule has 0 bridgehead atoms. The number of hydrogen-bond acceptors (Lipinski definition) is 1. The molecule has 1 aliphatic heterocycles. The van der Waals surface area contributed by atoms with Crippen molar-refractivity contribution < 1.29 is 0 Å². The van der Waals surface area contributed by atoms with Crippen molar-refractivity contribution in [3.63, 3.8) is 0 Å². The molecule has 15 heavy (non-hydrogen) atoms. The van der Waals surface area contributed by atoms with Gasteiger partial charge in [0.2, 0.25) is 0 Å². The molecule has 1 aromatic carbocycles. The zero-order valence-corrected chi connectivity index (χ0v) is 9.16. The van der Waals surface area contributed by atoms with Crippen molar-refractivity contribution in [2.45, 2.75) is 26.2 Å². The molecule has 0 radical (unpaired) electrons. The second-order valence-corrected chi connectivity index (χ2v) is 4.13. The first-order valence-corrected chi connectivity index (χ1v) is 5.54. The van der Waals surface area contributed by atoms with Crippen LogP contribution in [0.3, 0.4) is 0 Å². The van der Waals surface area contributed by atoms with E-state index in [-0.39, 0.29) is 0 Å². The van der Waals surface area contributed by atoms with Gasteiger partial charge >= 0.3 is 0 Å². The molecule has 2 heteroatoms. The molecule has 0 unspecified atom stereocenters. The van der Waals surface area contributed by atoms with Crippen molar-refractivity contribution in [2.75, 3.05) is 18.0 Å². The third kappa shape index (κ3) is 2.12. The van der Waals surface area contributed by atoms with Crippen LogP contribution in [0.5, 0.6) is 0 Å². The van der Waals surface area contributed by atoms with Gasteiger partial charge < -0.3 is 4.90 Å². The van der Waals surface area contributed by atoms with Gasteiger partial charge in [-0.25, -0.2) is 4.85 Å². The van der Waals surface area contributed by atoms with Crippen LogP contribution in [0, 0.1) is 13.5 Å². The summed E-state index contributed by atoms with van der Waals surface area (Å²) in [6.07, 6.45) is 3.95. The van der Waals surface area contributed by atoms with Crippen LogP contribution in [-0.2, 0) is 0 Å². The van der Waals surface area contributed by atoms with Gasteiger partial charge in [0.05, 0.1) is 6.57 Å². The monoisotopic (exact) mass is 200 g/mol. The lowest BCUT2D eigenvalue weighted by atomic mass is 10.1. The van der Waals surface area contributed by atoms with Crippen LogP contribution in [0.1, 0.15) is 24.8 Å². The van der Waals surface area contributed by atoms with Crippen LogP contribution in [0.15, 0.2) is 18.2 Å². The third-order valence-corrected chi connectivity index (χ3v) is 3.02. The van der Waals surface area contributed by atoms with Crippen LogP contribution in [0.4, 0.5) is 11.4 Å². The smallest absolute Gasteiger partial charge is 0.190 e. The Morgan fingerprint density at radius 1 is 1.20 bits per heavy atom. The maximum Gasteiger partial charge on any atom is 0.190 e. The molecular formula is C13H16N2. The largest absolute Gasteiger partial charge is 0.372 e. The van der Waals surface area contributed by atoms with Gasteiger partial charge in [-0.3, -0.25) is 0 Å². The standard InChI is InChI=1S/C13H16N2/c1-11-10-12(6-7-13(11)14-2)15-8-4-3-5-9-15/h6-7,10H,3-5,8-9H2,1H3. The number of piperidine rings is 1. The summed E-state index contributed by atoms with van der Waals surface area (Å²) in [5, 5.41) is 0. The molecule has 1 saturated heterocycles. The normalized spacial score (nSPS) is 16.1. The molecule has 2 rings (SSSR count). The van der Waals surface area contributed by atoms with E-state index in [9.17, 15) is 0 Å². The number of benzene rings is 1. The maximum absolute atomic E-state index is 7.01. The molecule has 0 N–H and O–H groups in total. The summed E-state index contributed by atoms with van der Waals surface area (Å²) >= 11 is 0. The van der Waals surface area contributed by atoms with Gasteiger partial charge in [0.15, 0.2) is 5.69 Å². The Morgan fingerprint density at radius 3 is 2.53 bits per heavy atom. The molecule has 0 aromatic heterocycles. The summed E-state index contributed by atoms with van der Waals surface area (Å²) in [5.41, 5.74) is 3.14. The van der Waals surface area contributed by atoms with Crippen molar-refractivity contribution in [3.8, 4) is 0 Å². The zero-order valence-electron chi connectivity index (χ0n) is 9.16. The highest BCUT2D eigenvalue weighted by molar-refractivity contribution is 5.60. The topological polar surface area (TPSA) is 7.60 Å². The van der Waals surface area contributed by atoms with Crippen LogP contribution < -0.4 is 4.90 Å². The molecule has 2 nitrogen and oxygen atoms in total. The summed E-state index contributed by atoms with van der Waals surface area (Å²) in [5.74, 6) is 0. The molecule has 0 spiro atoms. The molecule has 0 saturated carbocycles. The lowest BCUT2D eigenvalue weighted by molar-refractivity contribution is 0.578. The molecule has 1 heterocycles. The Bertz CT molecular complexity index is 384. The number of nitrogens with zero attached hydrogens (tertiary/aromatic N) is 2. The molecule has 1 aromatic rings. The van der Waals surface area contributed by atoms with E-state index < -0.39 is 0 Å². The van der Waals surface area contributed by atoms with Gasteiger partial charge in [-0.15, -0.1) is 0 Å². The first kappa shape index (κ1) is 10.0. The summed E-state index contributed by atoms with van der Waals surface area (Å²) < 4.78 is 0. The predicted molar refractivity (Wildman–Crippen MR) is 63.5 cm³/mol. The van der Waals surface area contributed by atoms with E-state index in [0.717, 1.165) is 24.3 Å². The second-order valence-electron chi connectivity index (χ2n) is 4.13. The predicted octanol–water partition coefficient (Wildman–Crippen LogP) is 3.54. The van der Waals surface area contributed by atoms with E-state index in [1.807, 2.05) is 13.0 Å². The van der Waals surface area contributed by atoms with Gasteiger partial charge in [-0.1, -0.05) is 6.07 Å². The summed E-state index contributed by atoms with van der Waals surface area (Å²) in [4.78, 5) is 5.91. The zero-order chi connectivity index (χ0) is 10.7. The fourth-order valence-corrected chi connectivity index (χ4v) is 2.11. The highest BCUT2D eigenvalue weighted by Crippen LogP contribution is 2.26. The molecule has 78 valence electrons. The molecule has 1 fully saturated rings.